The van der Waals surface area contributed by atoms with E-state index in [1.165, 1.54) is 11.3 Å². The number of hydrogen-bond donors (Lipinski definition) is 1. The molecule has 1 aromatic carbocycles. The predicted molar refractivity (Wildman–Crippen MR) is 86.3 cm³/mol. The van der Waals surface area contributed by atoms with E-state index >= 15 is 0 Å². The van der Waals surface area contributed by atoms with Crippen molar-refractivity contribution in [1.82, 2.24) is 15.1 Å². The van der Waals surface area contributed by atoms with Crippen LogP contribution < -0.4 is 9.47 Å². The molecule has 1 fully saturated rings. The van der Waals surface area contributed by atoms with Crippen LogP contribution in [0, 0.1) is 0 Å². The molecule has 1 unspecified atom stereocenters. The molecule has 124 valence electrons. The van der Waals surface area contributed by atoms with Gasteiger partial charge in [-0.25, -0.2) is 0 Å². The molecule has 6 heteroatoms. The molecule has 0 saturated carbocycles. The lowest BCUT2D eigenvalue weighted by Crippen LogP contribution is -2.47. The number of aromatic nitrogens is 2. The van der Waals surface area contributed by atoms with E-state index in [-0.39, 0.29) is 18.1 Å². The van der Waals surface area contributed by atoms with Gasteiger partial charge in [-0.2, -0.15) is 5.10 Å². The van der Waals surface area contributed by atoms with Crippen LogP contribution >= 0.6 is 0 Å². The molecule has 3 heterocycles. The number of rotatable bonds is 1. The quantitative estimate of drug-likeness (QED) is 0.873. The van der Waals surface area contributed by atoms with Gasteiger partial charge in [-0.05, 0) is 49.4 Å². The van der Waals surface area contributed by atoms with E-state index < -0.39 is 0 Å². The summed E-state index contributed by atoms with van der Waals surface area (Å²) in [5, 5.41) is 7.39. The summed E-state index contributed by atoms with van der Waals surface area (Å²) < 4.78 is 10.7. The normalized spacial score (nSPS) is 24.4. The maximum atomic E-state index is 13.0. The van der Waals surface area contributed by atoms with Crippen LogP contribution in [0.5, 0.6) is 11.5 Å². The summed E-state index contributed by atoms with van der Waals surface area (Å²) in [7, 11) is 0. The molecule has 0 bridgehead atoms. The molecular weight excluding hydrogens is 306 g/mol. The number of piperidine rings is 1. The van der Waals surface area contributed by atoms with Crippen LogP contribution in [0.2, 0.25) is 0 Å². The summed E-state index contributed by atoms with van der Waals surface area (Å²) in [4.78, 5) is 15.0. The Kier molecular flexibility index (Phi) is 2.89. The van der Waals surface area contributed by atoms with Crippen molar-refractivity contribution in [2.75, 3.05) is 19.9 Å². The van der Waals surface area contributed by atoms with Crippen molar-refractivity contribution in [3.63, 3.8) is 0 Å². The smallest absolute Gasteiger partial charge is 0.254 e. The predicted octanol–water partition coefficient (Wildman–Crippen LogP) is 2.26. The van der Waals surface area contributed by atoms with Crippen molar-refractivity contribution in [1.29, 1.82) is 0 Å². The first-order valence-electron chi connectivity index (χ1n) is 8.47. The van der Waals surface area contributed by atoms with Gasteiger partial charge in [-0.1, -0.05) is 0 Å². The van der Waals surface area contributed by atoms with Gasteiger partial charge in [0, 0.05) is 29.8 Å². The molecule has 0 radical (unpaired) electrons. The zero-order valence-electron chi connectivity index (χ0n) is 13.4. The Morgan fingerprint density at radius 3 is 3.12 bits per heavy atom. The van der Waals surface area contributed by atoms with E-state index in [0.717, 1.165) is 38.8 Å². The van der Waals surface area contributed by atoms with Crippen molar-refractivity contribution >= 4 is 5.91 Å². The third kappa shape index (κ3) is 1.95. The summed E-state index contributed by atoms with van der Waals surface area (Å²) in [6.07, 6.45) is 6.23. The molecule has 6 nitrogen and oxygen atoms in total. The van der Waals surface area contributed by atoms with Gasteiger partial charge in [-0.3, -0.25) is 9.89 Å². The number of benzene rings is 1. The van der Waals surface area contributed by atoms with Crippen LogP contribution in [0.25, 0.3) is 0 Å². The van der Waals surface area contributed by atoms with E-state index in [0.29, 0.717) is 17.1 Å². The fourth-order valence-electron chi connectivity index (χ4n) is 4.38. The molecule has 24 heavy (non-hydrogen) atoms. The lowest BCUT2D eigenvalue weighted by Gasteiger charge is -2.40. The number of H-pyrrole nitrogens is 1. The number of nitrogens with zero attached hydrogens (tertiary/aromatic N) is 2. The highest BCUT2D eigenvalue weighted by molar-refractivity contribution is 5.95. The lowest BCUT2D eigenvalue weighted by atomic mass is 9.77. The van der Waals surface area contributed by atoms with Gasteiger partial charge in [0.2, 0.25) is 6.79 Å². The second kappa shape index (κ2) is 5.00. The number of fused-ring (bicyclic) bond motifs is 3. The van der Waals surface area contributed by atoms with Gasteiger partial charge < -0.3 is 14.4 Å². The number of ether oxygens (including phenoxy) is 2. The molecule has 1 spiro atoms. The van der Waals surface area contributed by atoms with Crippen molar-refractivity contribution in [2.45, 2.75) is 31.1 Å². The van der Waals surface area contributed by atoms with Crippen molar-refractivity contribution in [3.05, 3.63) is 41.2 Å². The highest BCUT2D eigenvalue weighted by Gasteiger charge is 2.44. The highest BCUT2D eigenvalue weighted by atomic mass is 16.7. The monoisotopic (exact) mass is 325 g/mol. The van der Waals surface area contributed by atoms with Gasteiger partial charge in [0.1, 0.15) is 0 Å². The van der Waals surface area contributed by atoms with Gasteiger partial charge >= 0.3 is 0 Å². The van der Waals surface area contributed by atoms with Crippen LogP contribution in [-0.2, 0) is 11.8 Å². The Labute approximate surface area is 139 Å². The summed E-state index contributed by atoms with van der Waals surface area (Å²) in [5.41, 5.74) is 3.27. The van der Waals surface area contributed by atoms with Crippen molar-refractivity contribution in [2.24, 2.45) is 0 Å². The molecule has 1 amide bonds. The minimum Gasteiger partial charge on any atom is -0.454 e. The number of aryl methyl sites for hydroxylation is 1. The molecule has 1 aliphatic carbocycles. The maximum absolute atomic E-state index is 13.0. The molecule has 3 aliphatic rings. The van der Waals surface area contributed by atoms with Gasteiger partial charge in [-0.15, -0.1) is 0 Å². The van der Waals surface area contributed by atoms with E-state index in [4.69, 9.17) is 9.47 Å². The van der Waals surface area contributed by atoms with Gasteiger partial charge in [0.15, 0.2) is 11.5 Å². The number of aromatic amines is 1. The fourth-order valence-corrected chi connectivity index (χ4v) is 4.38. The Morgan fingerprint density at radius 1 is 1.25 bits per heavy atom. The fraction of sp³-hybridized carbons (Fsp3) is 0.444. The third-order valence-corrected chi connectivity index (χ3v) is 5.60. The second-order valence-corrected chi connectivity index (χ2v) is 6.95. The summed E-state index contributed by atoms with van der Waals surface area (Å²) in [6, 6.07) is 5.44. The second-order valence-electron chi connectivity index (χ2n) is 6.95. The van der Waals surface area contributed by atoms with E-state index in [1.54, 1.807) is 6.07 Å². The number of carbonyl (C=O) groups is 1. The largest absolute Gasteiger partial charge is 0.454 e. The molecule has 1 N–H and O–H groups in total. The van der Waals surface area contributed by atoms with Crippen LogP contribution in [0.3, 0.4) is 0 Å². The molecule has 1 saturated heterocycles. The highest BCUT2D eigenvalue weighted by Crippen LogP contribution is 2.44. The Bertz CT molecular complexity index is 816. The Morgan fingerprint density at radius 2 is 2.17 bits per heavy atom. The third-order valence-electron chi connectivity index (χ3n) is 5.60. The summed E-state index contributed by atoms with van der Waals surface area (Å²) in [6.45, 7) is 1.79. The molecule has 1 atom stereocenters. The van der Waals surface area contributed by atoms with Crippen molar-refractivity contribution < 1.29 is 14.3 Å². The standard InChI is InChI=1S/C18H19N3O3/c22-17(12-2-3-14-15(8-12)24-11-23-14)21-7-1-5-18(10-21)6-4-13-9-19-20-16(13)18/h2-3,8-9H,1,4-7,10-11H2,(H,19,20). The number of amides is 1. The SMILES string of the molecule is O=C(c1ccc2c(c1)OCO2)N1CCCC2(CCc3cn[nH]c32)C1. The zero-order valence-corrected chi connectivity index (χ0v) is 13.4. The van der Waals surface area contributed by atoms with Crippen LogP contribution in [0.15, 0.2) is 24.4 Å². The maximum Gasteiger partial charge on any atom is 0.254 e. The van der Waals surface area contributed by atoms with Crippen LogP contribution in [0.1, 0.15) is 40.9 Å². The van der Waals surface area contributed by atoms with Crippen LogP contribution in [-0.4, -0.2) is 40.9 Å². The van der Waals surface area contributed by atoms with Gasteiger partial charge in [0.25, 0.3) is 5.91 Å². The number of likely N-dealkylation sites (tertiary alicyclic amines) is 1. The summed E-state index contributed by atoms with van der Waals surface area (Å²) in [5.74, 6) is 1.43. The Hall–Kier alpha value is -2.50. The molecule has 2 aromatic rings. The first-order valence-corrected chi connectivity index (χ1v) is 8.47. The van der Waals surface area contributed by atoms with E-state index in [2.05, 4.69) is 10.2 Å². The Balaban J connectivity index is 1.42. The number of hydrogen-bond acceptors (Lipinski definition) is 4. The molecule has 1 aromatic heterocycles. The summed E-state index contributed by atoms with van der Waals surface area (Å²) >= 11 is 0. The first kappa shape index (κ1) is 13.9. The zero-order chi connectivity index (χ0) is 16.1. The average Bonchev–Trinajstić information content (AvgIpc) is 3.32. The van der Waals surface area contributed by atoms with E-state index in [9.17, 15) is 4.79 Å². The van der Waals surface area contributed by atoms with Crippen molar-refractivity contribution in [3.8, 4) is 11.5 Å². The molecule has 2 aliphatic heterocycles. The molecular formula is C18H19N3O3. The number of carbonyl (C=O) groups excluding carboxylic acids is 1. The minimum atomic E-state index is 0.0517. The van der Waals surface area contributed by atoms with Crippen LogP contribution in [0.4, 0.5) is 0 Å². The number of nitrogens with one attached hydrogen (secondary N) is 1. The first-order chi connectivity index (χ1) is 11.8. The minimum absolute atomic E-state index is 0.0517. The topological polar surface area (TPSA) is 67.5 Å². The molecule has 5 rings (SSSR count). The lowest BCUT2D eigenvalue weighted by molar-refractivity contribution is 0.0632. The van der Waals surface area contributed by atoms with E-state index in [1.807, 2.05) is 23.2 Å². The van der Waals surface area contributed by atoms with Gasteiger partial charge in [0.05, 0.1) is 6.20 Å². The average molecular weight is 325 g/mol.